The van der Waals surface area contributed by atoms with Gasteiger partial charge in [0.05, 0.1) is 18.3 Å². The van der Waals surface area contributed by atoms with E-state index in [0.29, 0.717) is 30.4 Å². The van der Waals surface area contributed by atoms with Gasteiger partial charge < -0.3 is 14.8 Å². The van der Waals surface area contributed by atoms with Gasteiger partial charge in [0.2, 0.25) is 0 Å². The van der Waals surface area contributed by atoms with Gasteiger partial charge in [0, 0.05) is 18.7 Å². The number of ether oxygens (including phenoxy) is 2. The predicted molar refractivity (Wildman–Crippen MR) is 62.5 cm³/mol. The van der Waals surface area contributed by atoms with E-state index >= 15 is 0 Å². The van der Waals surface area contributed by atoms with Crippen molar-refractivity contribution in [1.29, 1.82) is 0 Å². The molecule has 0 aromatic carbocycles. The first kappa shape index (κ1) is 11.0. The highest BCUT2D eigenvalue weighted by Gasteiger charge is 2.41. The number of rotatable bonds is 3. The fourth-order valence-electron chi connectivity index (χ4n) is 3.43. The van der Waals surface area contributed by atoms with E-state index in [0.717, 1.165) is 13.0 Å². The second kappa shape index (κ2) is 4.63. The van der Waals surface area contributed by atoms with Crippen molar-refractivity contribution < 1.29 is 9.47 Å². The minimum absolute atomic E-state index is 0.478. The van der Waals surface area contributed by atoms with E-state index in [2.05, 4.69) is 12.2 Å². The molecule has 0 aromatic rings. The molecule has 0 radical (unpaired) electrons. The highest BCUT2D eigenvalue weighted by atomic mass is 16.5. The Bertz CT molecular complexity index is 246. The monoisotopic (exact) mass is 225 g/mol. The van der Waals surface area contributed by atoms with Crippen molar-refractivity contribution in [3.8, 4) is 0 Å². The van der Waals surface area contributed by atoms with Crippen LogP contribution in [0.2, 0.25) is 0 Å². The molecule has 0 spiro atoms. The van der Waals surface area contributed by atoms with Gasteiger partial charge >= 0.3 is 0 Å². The van der Waals surface area contributed by atoms with Crippen LogP contribution in [0.15, 0.2) is 0 Å². The van der Waals surface area contributed by atoms with Gasteiger partial charge in [-0.3, -0.25) is 0 Å². The molecule has 5 atom stereocenters. The zero-order valence-electron chi connectivity index (χ0n) is 10.2. The van der Waals surface area contributed by atoms with E-state index in [9.17, 15) is 0 Å². The van der Waals surface area contributed by atoms with Crippen molar-refractivity contribution in [2.24, 2.45) is 0 Å². The maximum atomic E-state index is 5.89. The zero-order chi connectivity index (χ0) is 11.0. The molecule has 3 rings (SSSR count). The SMILES string of the molecule is CCC1CC(NC2CC3CCC2O3)CCO1. The van der Waals surface area contributed by atoms with Crippen LogP contribution in [0.5, 0.6) is 0 Å². The Balaban J connectivity index is 1.51. The fraction of sp³-hybridized carbons (Fsp3) is 1.00. The topological polar surface area (TPSA) is 30.5 Å². The van der Waals surface area contributed by atoms with Crippen LogP contribution in [-0.4, -0.2) is 37.0 Å². The maximum absolute atomic E-state index is 5.89. The number of fused-ring (bicyclic) bond motifs is 2. The number of nitrogens with one attached hydrogen (secondary N) is 1. The maximum Gasteiger partial charge on any atom is 0.0733 e. The average molecular weight is 225 g/mol. The molecule has 5 unspecified atom stereocenters. The van der Waals surface area contributed by atoms with E-state index in [4.69, 9.17) is 9.47 Å². The molecule has 3 heterocycles. The standard InChI is InChI=1S/C13H23NO2/c1-2-10-7-9(5-6-15-10)14-12-8-11-3-4-13(12)16-11/h9-14H,2-8H2,1H3. The smallest absolute Gasteiger partial charge is 0.0733 e. The van der Waals surface area contributed by atoms with Crippen LogP contribution in [-0.2, 0) is 9.47 Å². The first-order chi connectivity index (χ1) is 7.85. The number of hydrogen-bond donors (Lipinski definition) is 1. The minimum atomic E-state index is 0.478. The van der Waals surface area contributed by atoms with E-state index in [1.165, 1.54) is 32.1 Å². The first-order valence-electron chi connectivity index (χ1n) is 6.88. The lowest BCUT2D eigenvalue weighted by atomic mass is 9.93. The van der Waals surface area contributed by atoms with Gasteiger partial charge in [-0.2, -0.15) is 0 Å². The fourth-order valence-corrected chi connectivity index (χ4v) is 3.43. The summed E-state index contributed by atoms with van der Waals surface area (Å²) in [5, 5.41) is 3.81. The molecule has 3 heteroatoms. The van der Waals surface area contributed by atoms with Crippen LogP contribution >= 0.6 is 0 Å². The summed E-state index contributed by atoms with van der Waals surface area (Å²) in [5.74, 6) is 0. The summed E-state index contributed by atoms with van der Waals surface area (Å²) < 4.78 is 11.6. The lowest BCUT2D eigenvalue weighted by Gasteiger charge is -2.33. The minimum Gasteiger partial charge on any atom is -0.378 e. The third-order valence-corrected chi connectivity index (χ3v) is 4.38. The van der Waals surface area contributed by atoms with Crippen molar-refractivity contribution in [2.45, 2.75) is 75.8 Å². The molecule has 0 aromatic heterocycles. The van der Waals surface area contributed by atoms with Crippen molar-refractivity contribution in [2.75, 3.05) is 6.61 Å². The normalized spacial score (nSPS) is 47.4. The van der Waals surface area contributed by atoms with Gasteiger partial charge in [0.15, 0.2) is 0 Å². The largest absolute Gasteiger partial charge is 0.378 e. The van der Waals surface area contributed by atoms with Crippen LogP contribution in [0.25, 0.3) is 0 Å². The van der Waals surface area contributed by atoms with Crippen molar-refractivity contribution >= 4 is 0 Å². The van der Waals surface area contributed by atoms with E-state index < -0.39 is 0 Å². The van der Waals surface area contributed by atoms with Gasteiger partial charge in [-0.05, 0) is 38.5 Å². The molecule has 92 valence electrons. The van der Waals surface area contributed by atoms with Crippen molar-refractivity contribution in [3.63, 3.8) is 0 Å². The molecule has 0 aliphatic carbocycles. The van der Waals surface area contributed by atoms with E-state index in [-0.39, 0.29) is 0 Å². The Labute approximate surface area is 97.9 Å². The Morgan fingerprint density at radius 1 is 1.19 bits per heavy atom. The molecule has 3 fully saturated rings. The van der Waals surface area contributed by atoms with Gasteiger partial charge in [0.1, 0.15) is 0 Å². The molecule has 0 saturated carbocycles. The zero-order valence-corrected chi connectivity index (χ0v) is 10.2. The molecule has 2 bridgehead atoms. The van der Waals surface area contributed by atoms with Crippen LogP contribution in [0.1, 0.15) is 45.4 Å². The molecule has 1 N–H and O–H groups in total. The summed E-state index contributed by atoms with van der Waals surface area (Å²) in [6, 6.07) is 1.28. The third kappa shape index (κ3) is 2.13. The summed E-state index contributed by atoms with van der Waals surface area (Å²) >= 11 is 0. The van der Waals surface area contributed by atoms with Crippen LogP contribution in [0.4, 0.5) is 0 Å². The summed E-state index contributed by atoms with van der Waals surface area (Å²) in [4.78, 5) is 0. The van der Waals surface area contributed by atoms with Crippen molar-refractivity contribution in [1.82, 2.24) is 5.32 Å². The highest BCUT2D eigenvalue weighted by molar-refractivity contribution is 4.95. The summed E-state index contributed by atoms with van der Waals surface area (Å²) in [5.41, 5.74) is 0. The van der Waals surface area contributed by atoms with Gasteiger partial charge in [-0.1, -0.05) is 6.92 Å². The summed E-state index contributed by atoms with van der Waals surface area (Å²) in [7, 11) is 0. The molecule has 3 nitrogen and oxygen atoms in total. The molecule has 0 amide bonds. The van der Waals surface area contributed by atoms with Gasteiger partial charge in [-0.15, -0.1) is 0 Å². The highest BCUT2D eigenvalue weighted by Crippen LogP contribution is 2.35. The average Bonchev–Trinajstić information content (AvgIpc) is 2.91. The lowest BCUT2D eigenvalue weighted by Crippen LogP contribution is -2.47. The quantitative estimate of drug-likeness (QED) is 0.795. The first-order valence-corrected chi connectivity index (χ1v) is 6.88. The second-order valence-electron chi connectivity index (χ2n) is 5.51. The van der Waals surface area contributed by atoms with Crippen LogP contribution in [0, 0.1) is 0 Å². The Morgan fingerprint density at radius 2 is 2.12 bits per heavy atom. The Kier molecular flexibility index (Phi) is 3.18. The third-order valence-electron chi connectivity index (χ3n) is 4.38. The molecule has 3 saturated heterocycles. The molecule has 3 aliphatic heterocycles. The van der Waals surface area contributed by atoms with Gasteiger partial charge in [-0.25, -0.2) is 0 Å². The molecule has 16 heavy (non-hydrogen) atoms. The summed E-state index contributed by atoms with van der Waals surface area (Å²) in [6.45, 7) is 3.14. The lowest BCUT2D eigenvalue weighted by molar-refractivity contribution is -0.00389. The van der Waals surface area contributed by atoms with E-state index in [1.54, 1.807) is 0 Å². The van der Waals surface area contributed by atoms with Gasteiger partial charge in [0.25, 0.3) is 0 Å². The number of hydrogen-bond acceptors (Lipinski definition) is 3. The predicted octanol–water partition coefficient (Wildman–Crippen LogP) is 1.85. The van der Waals surface area contributed by atoms with Crippen LogP contribution < -0.4 is 5.32 Å². The molecular formula is C13H23NO2. The second-order valence-corrected chi connectivity index (χ2v) is 5.51. The summed E-state index contributed by atoms with van der Waals surface area (Å²) in [6.07, 6.45) is 8.83. The van der Waals surface area contributed by atoms with Crippen molar-refractivity contribution in [3.05, 3.63) is 0 Å². The van der Waals surface area contributed by atoms with E-state index in [1.807, 2.05) is 0 Å². The van der Waals surface area contributed by atoms with Crippen LogP contribution in [0.3, 0.4) is 0 Å². The Hall–Kier alpha value is -0.120. The Morgan fingerprint density at radius 3 is 2.81 bits per heavy atom. The molecule has 3 aliphatic rings. The molecular weight excluding hydrogens is 202 g/mol.